The maximum absolute atomic E-state index is 8.62. The van der Waals surface area contributed by atoms with Crippen molar-refractivity contribution in [1.29, 1.82) is 0 Å². The number of hydrogen-bond donors (Lipinski definition) is 3. The molecule has 1 unspecified atom stereocenters. The van der Waals surface area contributed by atoms with Crippen LogP contribution in [0.3, 0.4) is 0 Å². The monoisotopic (exact) mass is 216 g/mol. The Morgan fingerprint density at radius 2 is 1.79 bits per heavy atom. The molecule has 0 rings (SSSR count). The molecule has 82 valence electrons. The number of unbranched alkanes of at least 4 members (excludes halogenated alkanes) is 1. The van der Waals surface area contributed by atoms with Gasteiger partial charge in [0.25, 0.3) is 0 Å². The summed E-state index contributed by atoms with van der Waals surface area (Å²) in [5.41, 5.74) is 0. The summed E-state index contributed by atoms with van der Waals surface area (Å²) in [5, 5.41) is 0. The molecule has 0 aliphatic rings. The van der Waals surface area contributed by atoms with Gasteiger partial charge in [-0.3, -0.25) is 0 Å². The molecule has 0 radical (unpaired) electrons. The van der Waals surface area contributed by atoms with Gasteiger partial charge in [0.05, 0.1) is 0 Å². The van der Waals surface area contributed by atoms with E-state index >= 15 is 0 Å². The molecule has 0 saturated carbocycles. The van der Waals surface area contributed by atoms with Crippen LogP contribution < -0.4 is 0 Å². The molecular formula is C8H21LiO4Si. The van der Waals surface area contributed by atoms with E-state index in [4.69, 9.17) is 14.4 Å². The molecule has 0 aliphatic carbocycles. The zero-order valence-electron chi connectivity index (χ0n) is 8.36. The zero-order chi connectivity index (χ0) is 10.3. The first-order valence-electron chi connectivity index (χ1n) is 4.80. The van der Waals surface area contributed by atoms with E-state index in [1.54, 1.807) is 0 Å². The van der Waals surface area contributed by atoms with Crippen molar-refractivity contribution in [2.75, 3.05) is 6.61 Å². The molecule has 0 amide bonds. The molecule has 0 aromatic rings. The van der Waals surface area contributed by atoms with Gasteiger partial charge in [-0.2, -0.15) is 0 Å². The fourth-order valence-corrected chi connectivity index (χ4v) is 1.59. The van der Waals surface area contributed by atoms with Crippen LogP contribution in [0.2, 0.25) is 0 Å². The van der Waals surface area contributed by atoms with Crippen LogP contribution in [0.1, 0.15) is 39.5 Å². The van der Waals surface area contributed by atoms with E-state index in [9.17, 15) is 0 Å². The Labute approximate surface area is 99.0 Å². The number of rotatable bonds is 7. The Balaban J connectivity index is 0. The zero-order valence-corrected chi connectivity index (χ0v) is 9.36. The van der Waals surface area contributed by atoms with Crippen LogP contribution in [0.5, 0.6) is 0 Å². The molecule has 0 fully saturated rings. The van der Waals surface area contributed by atoms with E-state index in [1.807, 2.05) is 6.92 Å². The van der Waals surface area contributed by atoms with E-state index in [0.29, 0.717) is 5.92 Å². The van der Waals surface area contributed by atoms with Gasteiger partial charge >= 0.3 is 27.9 Å². The Kier molecular flexibility index (Phi) is 10.9. The van der Waals surface area contributed by atoms with Gasteiger partial charge in [-0.25, -0.2) is 0 Å². The predicted molar refractivity (Wildman–Crippen MR) is 58.8 cm³/mol. The third-order valence-electron chi connectivity index (χ3n) is 2.06. The standard InChI is InChI=1S/C8H20O4Si.Li.H/c1-3-5-6-8(4-2)7-12-13(9,10)11;;/h8-11H,3-7H2,1-2H3;;. The summed E-state index contributed by atoms with van der Waals surface area (Å²) in [4.78, 5) is 25.8. The van der Waals surface area contributed by atoms with Gasteiger partial charge in [0.15, 0.2) is 0 Å². The van der Waals surface area contributed by atoms with Gasteiger partial charge < -0.3 is 18.8 Å². The van der Waals surface area contributed by atoms with E-state index < -0.39 is 9.05 Å². The van der Waals surface area contributed by atoms with Crippen LogP contribution in [0, 0.1) is 5.92 Å². The third-order valence-corrected chi connectivity index (χ3v) is 2.61. The minimum atomic E-state index is -4.28. The van der Waals surface area contributed by atoms with Crippen molar-refractivity contribution in [2.24, 2.45) is 5.92 Å². The first kappa shape index (κ1) is 17.1. The molecule has 1 atom stereocenters. The second-order valence-corrected chi connectivity index (χ2v) is 4.74. The van der Waals surface area contributed by atoms with Gasteiger partial charge in [-0.15, -0.1) is 0 Å². The normalized spacial score (nSPS) is 13.5. The van der Waals surface area contributed by atoms with E-state index in [-0.39, 0.29) is 25.5 Å². The average molecular weight is 216 g/mol. The van der Waals surface area contributed by atoms with Crippen LogP contribution in [0.25, 0.3) is 0 Å². The van der Waals surface area contributed by atoms with Gasteiger partial charge in [0.2, 0.25) is 0 Å². The first-order valence-corrected chi connectivity index (χ1v) is 6.55. The topological polar surface area (TPSA) is 69.9 Å². The molecule has 0 bridgehead atoms. The molecule has 0 aromatic heterocycles. The summed E-state index contributed by atoms with van der Waals surface area (Å²) in [7, 11) is -4.28. The fourth-order valence-electron chi connectivity index (χ4n) is 1.13. The van der Waals surface area contributed by atoms with Crippen LogP contribution in [-0.4, -0.2) is 48.9 Å². The second kappa shape index (κ2) is 8.92. The summed E-state index contributed by atoms with van der Waals surface area (Å²) in [5.74, 6) is 0.318. The van der Waals surface area contributed by atoms with E-state index in [0.717, 1.165) is 25.7 Å². The first-order chi connectivity index (χ1) is 5.99. The van der Waals surface area contributed by atoms with Crippen LogP contribution in [0.15, 0.2) is 0 Å². The van der Waals surface area contributed by atoms with Crippen molar-refractivity contribution in [1.82, 2.24) is 0 Å². The summed E-state index contributed by atoms with van der Waals surface area (Å²) < 4.78 is 4.58. The summed E-state index contributed by atoms with van der Waals surface area (Å²) in [6, 6.07) is 0. The quantitative estimate of drug-likeness (QED) is 0.523. The SMILES string of the molecule is CCCCC(CC)CO[Si](O)(O)O.[LiH]. The fraction of sp³-hybridized carbons (Fsp3) is 1.00. The van der Waals surface area contributed by atoms with Crippen LogP contribution in [0.4, 0.5) is 0 Å². The van der Waals surface area contributed by atoms with Gasteiger partial charge in [-0.1, -0.05) is 33.1 Å². The summed E-state index contributed by atoms with van der Waals surface area (Å²) in [6.45, 7) is 4.38. The van der Waals surface area contributed by atoms with Crippen molar-refractivity contribution in [3.63, 3.8) is 0 Å². The molecule has 0 aliphatic heterocycles. The van der Waals surface area contributed by atoms with Crippen molar-refractivity contribution in [3.8, 4) is 0 Å². The van der Waals surface area contributed by atoms with Crippen LogP contribution >= 0.6 is 0 Å². The van der Waals surface area contributed by atoms with Crippen molar-refractivity contribution in [3.05, 3.63) is 0 Å². The molecule has 0 saturated heterocycles. The maximum atomic E-state index is 8.62. The average Bonchev–Trinajstić information content (AvgIpc) is 2.03. The van der Waals surface area contributed by atoms with Crippen LogP contribution in [-0.2, 0) is 4.43 Å². The number of hydrogen-bond acceptors (Lipinski definition) is 4. The molecule has 0 aromatic carbocycles. The predicted octanol–water partition coefficient (Wildman–Crippen LogP) is -0.0166. The Morgan fingerprint density at radius 1 is 1.21 bits per heavy atom. The second-order valence-electron chi connectivity index (χ2n) is 3.30. The summed E-state index contributed by atoms with van der Waals surface area (Å²) in [6.07, 6.45) is 4.18. The minimum absolute atomic E-state index is 0. The Bertz CT molecular complexity index is 129. The van der Waals surface area contributed by atoms with Gasteiger partial charge in [0, 0.05) is 6.61 Å². The summed E-state index contributed by atoms with van der Waals surface area (Å²) >= 11 is 0. The Hall–Kier alpha value is 0.654. The van der Waals surface area contributed by atoms with E-state index in [1.165, 1.54) is 0 Å². The van der Waals surface area contributed by atoms with Gasteiger partial charge in [-0.05, 0) is 12.3 Å². The molecule has 14 heavy (non-hydrogen) atoms. The van der Waals surface area contributed by atoms with Crippen molar-refractivity contribution < 1.29 is 18.8 Å². The van der Waals surface area contributed by atoms with E-state index in [2.05, 4.69) is 11.3 Å². The third kappa shape index (κ3) is 10.7. The van der Waals surface area contributed by atoms with Gasteiger partial charge in [0.1, 0.15) is 0 Å². The Morgan fingerprint density at radius 3 is 2.14 bits per heavy atom. The molecule has 0 heterocycles. The van der Waals surface area contributed by atoms with Crippen molar-refractivity contribution >= 4 is 27.9 Å². The molecular weight excluding hydrogens is 195 g/mol. The van der Waals surface area contributed by atoms with Crippen molar-refractivity contribution in [2.45, 2.75) is 39.5 Å². The molecule has 0 spiro atoms. The molecule has 4 nitrogen and oxygen atoms in total. The molecule has 6 heteroatoms. The molecule has 3 N–H and O–H groups in total.